The molecule has 0 spiro atoms. The first kappa shape index (κ1) is 18.6. The van der Waals surface area contributed by atoms with E-state index in [1.54, 1.807) is 19.5 Å². The molecule has 0 aliphatic rings. The fourth-order valence-electron chi connectivity index (χ4n) is 2.92. The Hall–Kier alpha value is -3.15. The SMILES string of the molecule is COc1ccc(CCC(=O)NCCn2c(C)cnc2-c2ccncc2)cc1. The summed E-state index contributed by atoms with van der Waals surface area (Å²) in [5.74, 6) is 1.76. The lowest BCUT2D eigenvalue weighted by Crippen LogP contribution is -2.27. The lowest BCUT2D eigenvalue weighted by molar-refractivity contribution is -0.121. The number of pyridine rings is 1. The monoisotopic (exact) mass is 364 g/mol. The zero-order chi connectivity index (χ0) is 19.1. The van der Waals surface area contributed by atoms with Crippen LogP contribution in [0.15, 0.2) is 55.0 Å². The molecule has 6 heteroatoms. The Bertz CT molecular complexity index is 873. The number of hydrogen-bond acceptors (Lipinski definition) is 4. The van der Waals surface area contributed by atoms with E-state index in [0.29, 0.717) is 25.9 Å². The molecular formula is C21H24N4O2. The number of carbonyl (C=O) groups excluding carboxylic acids is 1. The average Bonchev–Trinajstić information content (AvgIpc) is 3.08. The molecule has 1 aromatic carbocycles. The van der Waals surface area contributed by atoms with Crippen molar-refractivity contribution in [3.05, 3.63) is 66.2 Å². The van der Waals surface area contributed by atoms with Crippen molar-refractivity contribution in [1.29, 1.82) is 0 Å². The summed E-state index contributed by atoms with van der Waals surface area (Å²) >= 11 is 0. The Balaban J connectivity index is 1.49. The quantitative estimate of drug-likeness (QED) is 0.667. The minimum absolute atomic E-state index is 0.0500. The zero-order valence-corrected chi connectivity index (χ0v) is 15.7. The number of nitrogens with one attached hydrogen (secondary N) is 1. The van der Waals surface area contributed by atoms with Crippen molar-refractivity contribution in [2.24, 2.45) is 0 Å². The van der Waals surface area contributed by atoms with Gasteiger partial charge >= 0.3 is 0 Å². The van der Waals surface area contributed by atoms with Crippen LogP contribution in [0, 0.1) is 6.92 Å². The van der Waals surface area contributed by atoms with Crippen LogP contribution in [-0.4, -0.2) is 34.1 Å². The normalized spacial score (nSPS) is 10.6. The molecule has 3 rings (SSSR count). The molecule has 0 radical (unpaired) electrons. The Kier molecular flexibility index (Phi) is 6.20. The summed E-state index contributed by atoms with van der Waals surface area (Å²) in [4.78, 5) is 20.7. The molecule has 0 atom stereocenters. The number of aromatic nitrogens is 3. The predicted molar refractivity (Wildman–Crippen MR) is 105 cm³/mol. The third-order valence-corrected chi connectivity index (χ3v) is 4.45. The fourth-order valence-corrected chi connectivity index (χ4v) is 2.92. The van der Waals surface area contributed by atoms with Crippen molar-refractivity contribution >= 4 is 5.91 Å². The van der Waals surface area contributed by atoms with E-state index in [-0.39, 0.29) is 5.91 Å². The zero-order valence-electron chi connectivity index (χ0n) is 15.7. The van der Waals surface area contributed by atoms with Gasteiger partial charge in [-0.2, -0.15) is 0 Å². The summed E-state index contributed by atoms with van der Waals surface area (Å²) < 4.78 is 7.25. The fraction of sp³-hybridized carbons (Fsp3) is 0.286. The first-order valence-corrected chi connectivity index (χ1v) is 8.99. The van der Waals surface area contributed by atoms with Gasteiger partial charge in [-0.05, 0) is 43.2 Å². The van der Waals surface area contributed by atoms with Gasteiger partial charge in [0.2, 0.25) is 5.91 Å². The van der Waals surface area contributed by atoms with Crippen LogP contribution in [-0.2, 0) is 17.8 Å². The first-order valence-electron chi connectivity index (χ1n) is 8.99. The molecule has 0 aliphatic carbocycles. The van der Waals surface area contributed by atoms with Crippen LogP contribution in [0.3, 0.4) is 0 Å². The van der Waals surface area contributed by atoms with E-state index in [1.165, 1.54) is 0 Å². The van der Waals surface area contributed by atoms with Gasteiger partial charge in [-0.1, -0.05) is 12.1 Å². The van der Waals surface area contributed by atoms with Gasteiger partial charge in [-0.15, -0.1) is 0 Å². The van der Waals surface area contributed by atoms with Crippen LogP contribution in [0.4, 0.5) is 0 Å². The van der Waals surface area contributed by atoms with Crippen molar-refractivity contribution in [2.75, 3.05) is 13.7 Å². The molecule has 6 nitrogen and oxygen atoms in total. The van der Waals surface area contributed by atoms with Crippen LogP contribution < -0.4 is 10.1 Å². The molecule has 0 unspecified atom stereocenters. The van der Waals surface area contributed by atoms with Crippen molar-refractivity contribution in [3.63, 3.8) is 0 Å². The van der Waals surface area contributed by atoms with Crippen molar-refractivity contribution in [3.8, 4) is 17.1 Å². The second-order valence-electron chi connectivity index (χ2n) is 6.31. The molecule has 0 bridgehead atoms. The van der Waals surface area contributed by atoms with E-state index >= 15 is 0 Å². The van der Waals surface area contributed by atoms with Crippen LogP contribution in [0.5, 0.6) is 5.75 Å². The lowest BCUT2D eigenvalue weighted by Gasteiger charge is -2.11. The van der Waals surface area contributed by atoms with E-state index < -0.39 is 0 Å². The third-order valence-electron chi connectivity index (χ3n) is 4.45. The number of carbonyl (C=O) groups is 1. The van der Waals surface area contributed by atoms with Gasteiger partial charge in [0.1, 0.15) is 11.6 Å². The number of amides is 1. The highest BCUT2D eigenvalue weighted by Crippen LogP contribution is 2.18. The van der Waals surface area contributed by atoms with E-state index in [2.05, 4.69) is 19.9 Å². The molecule has 1 amide bonds. The van der Waals surface area contributed by atoms with Crippen LogP contribution in [0.1, 0.15) is 17.7 Å². The van der Waals surface area contributed by atoms with Crippen molar-refractivity contribution in [1.82, 2.24) is 19.9 Å². The minimum atomic E-state index is 0.0500. The highest BCUT2D eigenvalue weighted by Gasteiger charge is 2.09. The molecule has 140 valence electrons. The molecule has 0 fully saturated rings. The lowest BCUT2D eigenvalue weighted by atomic mass is 10.1. The summed E-state index contributed by atoms with van der Waals surface area (Å²) in [6.45, 7) is 3.26. The highest BCUT2D eigenvalue weighted by atomic mass is 16.5. The number of aryl methyl sites for hydroxylation is 2. The van der Waals surface area contributed by atoms with Gasteiger partial charge in [-0.3, -0.25) is 9.78 Å². The van der Waals surface area contributed by atoms with E-state index in [0.717, 1.165) is 28.4 Å². The summed E-state index contributed by atoms with van der Waals surface area (Å²) in [6, 6.07) is 11.7. The first-order chi connectivity index (χ1) is 13.2. The molecule has 0 saturated heterocycles. The Morgan fingerprint density at radius 3 is 2.59 bits per heavy atom. The summed E-state index contributed by atoms with van der Waals surface area (Å²) in [7, 11) is 1.64. The molecule has 0 aliphatic heterocycles. The second-order valence-corrected chi connectivity index (χ2v) is 6.31. The second kappa shape index (κ2) is 8.98. The molecular weight excluding hydrogens is 340 g/mol. The Morgan fingerprint density at radius 2 is 1.89 bits per heavy atom. The molecule has 1 N–H and O–H groups in total. The van der Waals surface area contributed by atoms with E-state index in [4.69, 9.17) is 4.74 Å². The predicted octanol–water partition coefficient (Wildman–Crippen LogP) is 3.01. The number of imidazole rings is 1. The number of hydrogen-bond donors (Lipinski definition) is 1. The average molecular weight is 364 g/mol. The number of rotatable bonds is 8. The third kappa shape index (κ3) is 4.94. The van der Waals surface area contributed by atoms with E-state index in [9.17, 15) is 4.79 Å². The maximum Gasteiger partial charge on any atom is 0.220 e. The van der Waals surface area contributed by atoms with Crippen LogP contribution >= 0.6 is 0 Å². The minimum Gasteiger partial charge on any atom is -0.497 e. The van der Waals surface area contributed by atoms with E-state index in [1.807, 2.05) is 49.5 Å². The Labute approximate surface area is 159 Å². The van der Waals surface area contributed by atoms with Gasteiger partial charge in [-0.25, -0.2) is 4.98 Å². The van der Waals surface area contributed by atoms with Crippen molar-refractivity contribution < 1.29 is 9.53 Å². The molecule has 27 heavy (non-hydrogen) atoms. The maximum atomic E-state index is 12.1. The van der Waals surface area contributed by atoms with Crippen LogP contribution in [0.2, 0.25) is 0 Å². The molecule has 3 aromatic rings. The smallest absolute Gasteiger partial charge is 0.220 e. The van der Waals surface area contributed by atoms with Gasteiger partial charge < -0.3 is 14.6 Å². The van der Waals surface area contributed by atoms with Gasteiger partial charge in [0.15, 0.2) is 0 Å². The maximum absolute atomic E-state index is 12.1. The van der Waals surface area contributed by atoms with Gasteiger partial charge in [0.05, 0.1) is 7.11 Å². The number of methoxy groups -OCH3 is 1. The van der Waals surface area contributed by atoms with Crippen LogP contribution in [0.25, 0.3) is 11.4 Å². The molecule has 0 saturated carbocycles. The largest absolute Gasteiger partial charge is 0.497 e. The molecule has 2 aromatic heterocycles. The topological polar surface area (TPSA) is 69.0 Å². The summed E-state index contributed by atoms with van der Waals surface area (Å²) in [6.07, 6.45) is 6.53. The number of ether oxygens (including phenoxy) is 1. The summed E-state index contributed by atoms with van der Waals surface area (Å²) in [5.41, 5.74) is 3.20. The number of benzene rings is 1. The van der Waals surface area contributed by atoms with Gasteiger partial charge in [0, 0.05) is 49.4 Å². The highest BCUT2D eigenvalue weighted by molar-refractivity contribution is 5.76. The number of nitrogens with zero attached hydrogens (tertiary/aromatic N) is 3. The standard InChI is InChI=1S/C21H24N4O2/c1-16-15-24-21(18-9-11-22-12-10-18)25(16)14-13-23-20(26)8-5-17-3-6-19(27-2)7-4-17/h3-4,6-7,9-12,15H,5,8,13-14H2,1-2H3,(H,23,26). The summed E-state index contributed by atoms with van der Waals surface area (Å²) in [5, 5.41) is 3.00. The van der Waals surface area contributed by atoms with Gasteiger partial charge in [0.25, 0.3) is 0 Å². The van der Waals surface area contributed by atoms with Crippen molar-refractivity contribution in [2.45, 2.75) is 26.3 Å². The Morgan fingerprint density at radius 1 is 1.15 bits per heavy atom. The molecule has 2 heterocycles.